The summed E-state index contributed by atoms with van der Waals surface area (Å²) < 4.78 is 87.9. The number of nitrogens with zero attached hydrogens (tertiary/aromatic N) is 7. The van der Waals surface area contributed by atoms with Gasteiger partial charge in [0.2, 0.25) is 8.32 Å². The lowest BCUT2D eigenvalue weighted by Gasteiger charge is -2.43. The van der Waals surface area contributed by atoms with Crippen molar-refractivity contribution in [2.45, 2.75) is 239 Å². The van der Waals surface area contributed by atoms with Gasteiger partial charge in [0.05, 0.1) is 22.7 Å². The Bertz CT molecular complexity index is 3560. The molecule has 0 saturated heterocycles. The molecule has 4 aromatic carbocycles. The maximum atomic E-state index is 14.0. The van der Waals surface area contributed by atoms with Crippen molar-refractivity contribution in [1.29, 1.82) is 0 Å². The van der Waals surface area contributed by atoms with Crippen LogP contribution in [-0.2, 0) is 23.2 Å². The Balaban J connectivity index is -0.00000129. The lowest BCUT2D eigenvalue weighted by atomic mass is 10.2. The average Bonchev–Trinajstić information content (AvgIpc) is 0.758. The topological polar surface area (TPSA) is 163 Å². The van der Waals surface area contributed by atoms with Crippen LogP contribution < -0.4 is 34.4 Å². The van der Waals surface area contributed by atoms with Crippen LogP contribution >= 0.6 is 35.6 Å². The van der Waals surface area contributed by atoms with E-state index < -0.39 is 43.9 Å². The third-order valence-electron chi connectivity index (χ3n) is 16.3. The van der Waals surface area contributed by atoms with Gasteiger partial charge >= 0.3 is 27.8 Å². The van der Waals surface area contributed by atoms with E-state index in [1.807, 2.05) is 191 Å². The Morgan fingerprint density at radius 3 is 1.00 bits per heavy atom. The van der Waals surface area contributed by atoms with E-state index in [-0.39, 0.29) is 41.9 Å². The molecule has 0 unspecified atom stereocenters. The second-order valence-electron chi connectivity index (χ2n) is 28.9. The molecule has 2 aliphatic rings. The first-order valence-corrected chi connectivity index (χ1v) is 42.2. The van der Waals surface area contributed by atoms with Crippen molar-refractivity contribution in [3.8, 4) is 0 Å². The molecular weight excluding hydrogens is 1460 g/mol. The van der Waals surface area contributed by atoms with Gasteiger partial charge in [-0.1, -0.05) is 148 Å². The van der Waals surface area contributed by atoms with Crippen LogP contribution in [0.15, 0.2) is 141 Å². The normalized spacial score (nSPS) is 11.9. The minimum Gasteiger partial charge on any atom is -0.502 e. The molecule has 6 aromatic rings. The van der Waals surface area contributed by atoms with Crippen LogP contribution in [0.2, 0.25) is 33.2 Å². The quantitative estimate of drug-likeness (QED) is 0.0273. The second kappa shape index (κ2) is 45.6. The number of pyridine rings is 2. The molecule has 8 rings (SSSR count). The number of allylic oxidation sites excluding steroid dienone is 1. The van der Waals surface area contributed by atoms with Crippen molar-refractivity contribution in [1.82, 2.24) is 4.98 Å². The number of aromatic nitrogens is 2. The zero-order valence-electron chi connectivity index (χ0n) is 65.9. The molecule has 0 bridgehead atoms. The van der Waals surface area contributed by atoms with Gasteiger partial charge in [-0.2, -0.15) is 21.6 Å². The van der Waals surface area contributed by atoms with Gasteiger partial charge in [0.25, 0.3) is 8.32 Å². The minimum absolute atomic E-state index is 0. The van der Waals surface area contributed by atoms with Gasteiger partial charge in [-0.3, -0.25) is 9.54 Å². The number of rotatable bonds is 14. The number of hydrogen-bond donors (Lipinski definition) is 1. The summed E-state index contributed by atoms with van der Waals surface area (Å²) in [6, 6.07) is 36.5. The van der Waals surface area contributed by atoms with Crippen molar-refractivity contribution >= 4 is 120 Å². The van der Waals surface area contributed by atoms with Gasteiger partial charge < -0.3 is 32.6 Å². The highest BCUT2D eigenvalue weighted by atomic mass is 32.2. The summed E-state index contributed by atoms with van der Waals surface area (Å²) in [5.74, 6) is 0. The molecule has 0 atom stereocenters. The number of nitrogens with one attached hydrogen (secondary N) is 1. The Morgan fingerprint density at radius 1 is 0.538 bits per heavy atom. The number of ether oxygens (including phenoxy) is 1. The van der Waals surface area contributed by atoms with Crippen molar-refractivity contribution in [3.63, 3.8) is 0 Å². The highest BCUT2D eigenvalue weighted by Gasteiger charge is 2.50. The summed E-state index contributed by atoms with van der Waals surface area (Å²) in [4.78, 5) is 50.4. The number of aromatic amines is 1. The number of fused-ring (bicyclic) bond motifs is 4. The highest BCUT2D eigenvalue weighted by molar-refractivity contribution is 8.00. The first-order chi connectivity index (χ1) is 46.9. The standard InChI is InChI=1S/C26H39N3O2SSi.C21H27N3O2S.C10H23FOSSi.2C7H9N.C4H8.CHF3O3S.4CH4/c1-17(2)33(18(3)4,19(5)6)31-26(30)29-22-13-11-20(27(7)8)15-24(22)32-25-16-21(28(9)10)12-14-23(25)29;1-21(2,3)26-20(25)24-16-10-8-14(22(4)5)12-18(16)27-19-13-15(23(6)7)9-11-17(19)24;1-8(2)14(9(3)4,10(5)6)12-13-7-11;2*1-6-4-3-5-7(2)8-6;1-4(2)3;2-1(3,4)8(5,6)7;;;;/h11-19H,1-10H3;8-13H,1-7H3;8-10H,7H2,1-6H3;2*3-5H,1-2H3;1H2,2-3H3;(H,5,6,7);4*1H4/p+1. The summed E-state index contributed by atoms with van der Waals surface area (Å²) in [6.07, 6.45) is -0.615. The highest BCUT2D eigenvalue weighted by Crippen LogP contribution is 2.53. The van der Waals surface area contributed by atoms with Crippen molar-refractivity contribution in [2.24, 2.45) is 0 Å². The number of aryl methyl sites for hydroxylation is 4. The average molecular weight is 1600 g/mol. The summed E-state index contributed by atoms with van der Waals surface area (Å²) in [7, 11) is 6.14. The smallest absolute Gasteiger partial charge is 0.502 e. The summed E-state index contributed by atoms with van der Waals surface area (Å²) in [5, 5.41) is 0. The third-order valence-corrected chi connectivity index (χ3v) is 32.2. The zero-order chi connectivity index (χ0) is 78.5. The van der Waals surface area contributed by atoms with Crippen molar-refractivity contribution in [3.05, 3.63) is 144 Å². The molecule has 2 amide bonds. The number of hydrogen-bond acceptors (Lipinski definition) is 15. The molecule has 2 aliphatic heterocycles. The lowest BCUT2D eigenvalue weighted by molar-refractivity contribution is -0.396. The number of amides is 2. The number of H-pyrrole nitrogens is 1. The monoisotopic (exact) mass is 1590 g/mol. The maximum Gasteiger partial charge on any atom is 0.522 e. The zero-order valence-corrected chi connectivity index (χ0v) is 71.1. The molecule has 16 nitrogen and oxygen atoms in total. The molecule has 2 aromatic heterocycles. The maximum absolute atomic E-state index is 14.0. The SMILES string of the molecule is C.C.C.C.C=C(C)C.CC(C)[Si](OC(=O)N1c2ccc(N(C)C)cc2Sc2cc(N(C)C)ccc21)(C(C)C)C(C)C.CC(C)[Si](OSCF)(C(C)C)C(C)C.CN(C)c1ccc2c(c1)Sc1cc(N(C)C)ccc1N2C(=O)OC(C)(C)C.Cc1cccc(C)[nH+]1.Cc1cccc(C)n1.O=S(=O)(O)C(F)(F)F. The van der Waals surface area contributed by atoms with Crippen LogP contribution in [0.3, 0.4) is 0 Å². The predicted octanol–water partition coefficient (Wildman–Crippen LogP) is 25.2. The fourth-order valence-electron chi connectivity index (χ4n) is 11.8. The Hall–Kier alpha value is -6.27. The van der Waals surface area contributed by atoms with Gasteiger partial charge in [0.15, 0.2) is 17.4 Å². The van der Waals surface area contributed by atoms with Crippen LogP contribution in [0.4, 0.5) is 72.6 Å². The van der Waals surface area contributed by atoms with Crippen molar-refractivity contribution < 1.29 is 58.1 Å². The molecular formula is C80H133F4N8O8S4Si2+. The van der Waals surface area contributed by atoms with Crippen molar-refractivity contribution in [2.75, 3.05) is 91.8 Å². The number of alkyl halides is 4. The van der Waals surface area contributed by atoms with Gasteiger partial charge in [-0.25, -0.2) is 28.8 Å². The lowest BCUT2D eigenvalue weighted by Crippen LogP contribution is -2.51. The number of anilines is 8. The number of benzene rings is 4. The predicted molar refractivity (Wildman–Crippen MR) is 456 cm³/mol. The van der Waals surface area contributed by atoms with Crippen LogP contribution in [-0.4, -0.2) is 120 Å². The number of carbonyl (C=O) groups excluding carboxylic acids is 2. The van der Waals surface area contributed by atoms with Crippen LogP contribution in [0.5, 0.6) is 0 Å². The molecule has 0 aliphatic carbocycles. The second-order valence-corrected chi connectivity index (χ2v) is 44.2. The Morgan fingerprint density at radius 2 is 0.802 bits per heavy atom. The van der Waals surface area contributed by atoms with E-state index in [4.69, 9.17) is 26.0 Å². The molecule has 26 heteroatoms. The van der Waals surface area contributed by atoms with E-state index in [0.29, 0.717) is 33.2 Å². The van der Waals surface area contributed by atoms with E-state index in [2.05, 4.69) is 156 Å². The summed E-state index contributed by atoms with van der Waals surface area (Å²) >= 11 is 4.39. The van der Waals surface area contributed by atoms with Crippen LogP contribution in [0, 0.1) is 27.7 Å². The third kappa shape index (κ3) is 30.3. The summed E-state index contributed by atoms with van der Waals surface area (Å²) in [5.41, 5.74) is 10.1. The fourth-order valence-corrected chi connectivity index (χ4v) is 26.4. The Kier molecular flexibility index (Phi) is 44.7. The Labute approximate surface area is 653 Å². The molecule has 106 heavy (non-hydrogen) atoms. The fraction of sp³-hybridized carbons (Fsp3) is 0.525. The van der Waals surface area contributed by atoms with Gasteiger partial charge in [-0.15, -0.1) is 6.58 Å². The number of halogens is 4. The molecule has 0 radical (unpaired) electrons. The molecule has 0 spiro atoms. The van der Waals surface area contributed by atoms with Gasteiger partial charge in [0.1, 0.15) is 5.60 Å². The van der Waals surface area contributed by atoms with E-state index >= 15 is 0 Å². The van der Waals surface area contributed by atoms with E-state index in [0.717, 1.165) is 88.5 Å². The van der Waals surface area contributed by atoms with Gasteiger partial charge in [0, 0.05) is 148 Å². The molecule has 4 heterocycles. The van der Waals surface area contributed by atoms with Crippen LogP contribution in [0.1, 0.15) is 170 Å². The van der Waals surface area contributed by atoms with Crippen LogP contribution in [0.25, 0.3) is 0 Å². The van der Waals surface area contributed by atoms with E-state index in [1.165, 1.54) is 17.0 Å². The largest absolute Gasteiger partial charge is 0.522 e. The molecule has 0 saturated carbocycles. The first kappa shape index (κ1) is 104. The van der Waals surface area contributed by atoms with Gasteiger partial charge in [-0.05, 0) is 173 Å². The molecule has 2 N–H and O–H groups in total. The molecule has 600 valence electrons. The van der Waals surface area contributed by atoms with E-state index in [9.17, 15) is 27.2 Å². The van der Waals surface area contributed by atoms with E-state index in [1.54, 1.807) is 33.3 Å². The minimum atomic E-state index is -5.84. The first-order valence-electron chi connectivity index (χ1n) is 34.0. The summed E-state index contributed by atoms with van der Waals surface area (Å²) in [6.45, 7) is 47.7. The number of carbonyl (C=O) groups is 2. The molecule has 0 fully saturated rings.